The van der Waals surface area contributed by atoms with Crippen molar-refractivity contribution in [3.8, 4) is 5.75 Å². The van der Waals surface area contributed by atoms with Crippen LogP contribution in [0.3, 0.4) is 0 Å². The molecule has 2 aromatic rings. The van der Waals surface area contributed by atoms with Gasteiger partial charge >= 0.3 is 0 Å². The molecule has 1 aliphatic rings. The Hall–Kier alpha value is -1.74. The number of hydrogen-bond donors (Lipinski definition) is 1. The predicted octanol–water partition coefficient (Wildman–Crippen LogP) is 2.96. The van der Waals surface area contributed by atoms with Crippen molar-refractivity contribution >= 4 is 0 Å². The van der Waals surface area contributed by atoms with Crippen LogP contribution in [0.4, 0.5) is 0 Å². The minimum absolute atomic E-state index is 0.207. The minimum atomic E-state index is -0.207. The molecular weight excluding hydrogens is 226 g/mol. The van der Waals surface area contributed by atoms with Gasteiger partial charge in [-0.3, -0.25) is 0 Å². The normalized spacial score (nSPS) is 19.4. The number of benzene rings is 1. The lowest BCUT2D eigenvalue weighted by Gasteiger charge is -2.11. The molecule has 2 heterocycles. The van der Waals surface area contributed by atoms with Crippen LogP contribution in [0.5, 0.6) is 5.75 Å². The maximum absolute atomic E-state index is 6.26. The van der Waals surface area contributed by atoms with E-state index >= 15 is 0 Å². The first kappa shape index (κ1) is 11.4. The minimum Gasteiger partial charge on any atom is -0.490 e. The number of furan rings is 1. The highest BCUT2D eigenvalue weighted by molar-refractivity contribution is 5.43. The van der Waals surface area contributed by atoms with Gasteiger partial charge in [0.25, 0.3) is 0 Å². The van der Waals surface area contributed by atoms with Crippen LogP contribution in [0.15, 0.2) is 34.9 Å². The van der Waals surface area contributed by atoms with Crippen LogP contribution in [-0.2, 0) is 6.42 Å². The van der Waals surface area contributed by atoms with Crippen LogP contribution in [0, 0.1) is 6.92 Å². The Labute approximate surface area is 107 Å². The van der Waals surface area contributed by atoms with Gasteiger partial charge in [-0.2, -0.15) is 0 Å². The molecule has 2 atom stereocenters. The second-order valence-corrected chi connectivity index (χ2v) is 4.95. The highest BCUT2D eigenvalue weighted by Crippen LogP contribution is 2.32. The van der Waals surface area contributed by atoms with E-state index in [1.807, 2.05) is 25.1 Å². The Kier molecular flexibility index (Phi) is 2.63. The van der Waals surface area contributed by atoms with Gasteiger partial charge in [-0.25, -0.2) is 0 Å². The summed E-state index contributed by atoms with van der Waals surface area (Å²) >= 11 is 0. The maximum atomic E-state index is 6.26. The molecule has 3 rings (SSSR count). The number of rotatable bonds is 2. The fourth-order valence-corrected chi connectivity index (χ4v) is 2.49. The topological polar surface area (TPSA) is 48.4 Å². The van der Waals surface area contributed by atoms with Gasteiger partial charge in [-0.15, -0.1) is 0 Å². The zero-order chi connectivity index (χ0) is 12.7. The lowest BCUT2D eigenvalue weighted by Crippen LogP contribution is -2.12. The molecule has 1 aromatic heterocycles. The summed E-state index contributed by atoms with van der Waals surface area (Å²) < 4.78 is 11.2. The number of aryl methyl sites for hydroxylation is 1. The first-order chi connectivity index (χ1) is 8.65. The average Bonchev–Trinajstić information content (AvgIpc) is 2.91. The quantitative estimate of drug-likeness (QED) is 0.882. The molecule has 1 aromatic carbocycles. The van der Waals surface area contributed by atoms with E-state index in [9.17, 15) is 0 Å². The number of hydrogen-bond acceptors (Lipinski definition) is 3. The van der Waals surface area contributed by atoms with Crippen LogP contribution in [0.25, 0.3) is 0 Å². The summed E-state index contributed by atoms with van der Waals surface area (Å²) in [6, 6.07) is 7.89. The van der Waals surface area contributed by atoms with E-state index in [-0.39, 0.29) is 12.1 Å². The fraction of sp³-hybridized carbons (Fsp3) is 0.333. The Morgan fingerprint density at radius 2 is 2.17 bits per heavy atom. The zero-order valence-corrected chi connectivity index (χ0v) is 10.6. The van der Waals surface area contributed by atoms with Crippen molar-refractivity contribution in [2.75, 3.05) is 0 Å². The third-order valence-electron chi connectivity index (χ3n) is 3.46. The van der Waals surface area contributed by atoms with E-state index in [4.69, 9.17) is 14.9 Å². The van der Waals surface area contributed by atoms with Crippen molar-refractivity contribution in [3.05, 3.63) is 53.0 Å². The van der Waals surface area contributed by atoms with Crippen LogP contribution in [0.2, 0.25) is 0 Å². The van der Waals surface area contributed by atoms with E-state index in [1.165, 1.54) is 5.56 Å². The summed E-state index contributed by atoms with van der Waals surface area (Å²) in [5.41, 5.74) is 9.66. The van der Waals surface area contributed by atoms with Crippen molar-refractivity contribution in [1.29, 1.82) is 0 Å². The predicted molar refractivity (Wildman–Crippen MR) is 69.7 cm³/mol. The highest BCUT2D eigenvalue weighted by atomic mass is 16.5. The van der Waals surface area contributed by atoms with Crippen molar-refractivity contribution < 1.29 is 9.15 Å². The second-order valence-electron chi connectivity index (χ2n) is 4.95. The van der Waals surface area contributed by atoms with Gasteiger partial charge < -0.3 is 14.9 Å². The van der Waals surface area contributed by atoms with Crippen LogP contribution < -0.4 is 10.5 Å². The van der Waals surface area contributed by atoms with Crippen molar-refractivity contribution in [2.24, 2.45) is 5.73 Å². The summed E-state index contributed by atoms with van der Waals surface area (Å²) in [5, 5.41) is 0. The molecule has 0 bridgehead atoms. The monoisotopic (exact) mass is 243 g/mol. The molecule has 0 aliphatic carbocycles. The van der Waals surface area contributed by atoms with E-state index in [2.05, 4.69) is 13.0 Å². The van der Waals surface area contributed by atoms with Gasteiger partial charge in [-0.05, 0) is 48.7 Å². The highest BCUT2D eigenvalue weighted by Gasteiger charge is 2.21. The van der Waals surface area contributed by atoms with E-state index in [1.54, 1.807) is 6.26 Å². The largest absolute Gasteiger partial charge is 0.490 e. The van der Waals surface area contributed by atoms with Gasteiger partial charge in [0.1, 0.15) is 17.6 Å². The van der Waals surface area contributed by atoms with Gasteiger partial charge in [0.2, 0.25) is 0 Å². The zero-order valence-electron chi connectivity index (χ0n) is 10.6. The average molecular weight is 243 g/mol. The summed E-state index contributed by atoms with van der Waals surface area (Å²) in [6.45, 7) is 4.09. The number of nitrogens with two attached hydrogens (primary N) is 1. The Morgan fingerprint density at radius 3 is 2.89 bits per heavy atom. The fourth-order valence-electron chi connectivity index (χ4n) is 2.49. The maximum Gasteiger partial charge on any atom is 0.127 e. The van der Waals surface area contributed by atoms with Crippen LogP contribution in [-0.4, -0.2) is 6.10 Å². The Morgan fingerprint density at radius 1 is 1.33 bits per heavy atom. The molecule has 0 saturated heterocycles. The van der Waals surface area contributed by atoms with Crippen molar-refractivity contribution in [2.45, 2.75) is 32.4 Å². The van der Waals surface area contributed by atoms with E-state index in [0.717, 1.165) is 29.1 Å². The first-order valence-electron chi connectivity index (χ1n) is 6.24. The van der Waals surface area contributed by atoms with Gasteiger partial charge in [0.05, 0.1) is 12.3 Å². The number of fused-ring (bicyclic) bond motifs is 1. The molecule has 1 aliphatic heterocycles. The molecule has 3 heteroatoms. The Balaban J connectivity index is 1.94. The molecule has 0 amide bonds. The molecule has 2 unspecified atom stereocenters. The standard InChI is InChI=1S/C15H17NO2/c1-9-5-6-17-15(9)14(16)11-3-4-13-12(8-11)7-10(2)18-13/h3-6,8,10,14H,7,16H2,1-2H3. The molecule has 94 valence electrons. The van der Waals surface area contributed by atoms with Gasteiger partial charge in [-0.1, -0.05) is 6.07 Å². The van der Waals surface area contributed by atoms with Crippen LogP contribution in [0.1, 0.15) is 35.4 Å². The van der Waals surface area contributed by atoms with Crippen molar-refractivity contribution in [1.82, 2.24) is 0 Å². The summed E-state index contributed by atoms with van der Waals surface area (Å²) in [4.78, 5) is 0. The molecule has 0 radical (unpaired) electrons. The molecule has 0 fully saturated rings. The summed E-state index contributed by atoms with van der Waals surface area (Å²) in [5.74, 6) is 1.82. The Bertz CT molecular complexity index is 574. The third-order valence-corrected chi connectivity index (χ3v) is 3.46. The van der Waals surface area contributed by atoms with Gasteiger partial charge in [0.15, 0.2) is 0 Å². The third kappa shape index (κ3) is 1.81. The van der Waals surface area contributed by atoms with Crippen molar-refractivity contribution in [3.63, 3.8) is 0 Å². The lowest BCUT2D eigenvalue weighted by molar-refractivity contribution is 0.254. The van der Waals surface area contributed by atoms with Crippen LogP contribution >= 0.6 is 0 Å². The number of ether oxygens (including phenoxy) is 1. The van der Waals surface area contributed by atoms with E-state index in [0.29, 0.717) is 0 Å². The molecular formula is C15H17NO2. The molecule has 3 nitrogen and oxygen atoms in total. The second kappa shape index (κ2) is 4.18. The summed E-state index contributed by atoms with van der Waals surface area (Å²) in [6.07, 6.45) is 2.90. The molecule has 2 N–H and O–H groups in total. The van der Waals surface area contributed by atoms with E-state index < -0.39 is 0 Å². The molecule has 18 heavy (non-hydrogen) atoms. The SMILES string of the molecule is Cc1ccoc1C(N)c1ccc2c(c1)CC(C)O2. The molecule has 0 spiro atoms. The summed E-state index contributed by atoms with van der Waals surface area (Å²) in [7, 11) is 0. The lowest BCUT2D eigenvalue weighted by atomic mass is 9.99. The van der Waals surface area contributed by atoms with Gasteiger partial charge in [0, 0.05) is 6.42 Å². The molecule has 0 saturated carbocycles. The first-order valence-corrected chi connectivity index (χ1v) is 6.24. The smallest absolute Gasteiger partial charge is 0.127 e.